The number of rotatable bonds is 8. The van der Waals surface area contributed by atoms with E-state index in [-0.39, 0.29) is 12.4 Å². The van der Waals surface area contributed by atoms with Crippen molar-refractivity contribution in [3.63, 3.8) is 0 Å². The fraction of sp³-hybridized carbons (Fsp3) is 0.261. The zero-order valence-corrected chi connectivity index (χ0v) is 18.1. The van der Waals surface area contributed by atoms with E-state index in [1.807, 2.05) is 25.1 Å². The predicted molar refractivity (Wildman–Crippen MR) is 119 cm³/mol. The van der Waals surface area contributed by atoms with E-state index in [2.05, 4.69) is 15.4 Å². The second-order valence-electron chi connectivity index (χ2n) is 7.19. The molecular formula is C23H24FN5O3. The number of aliphatic hydroxyl groups excluding tert-OH is 1. The Labute approximate surface area is 184 Å². The van der Waals surface area contributed by atoms with Crippen LogP contribution in [0.3, 0.4) is 0 Å². The van der Waals surface area contributed by atoms with Gasteiger partial charge in [-0.15, -0.1) is 5.10 Å². The summed E-state index contributed by atoms with van der Waals surface area (Å²) in [5.74, 6) is 1.96. The van der Waals surface area contributed by atoms with Gasteiger partial charge >= 0.3 is 0 Å². The summed E-state index contributed by atoms with van der Waals surface area (Å²) in [6, 6.07) is 11.8. The van der Waals surface area contributed by atoms with Gasteiger partial charge in [0.25, 0.3) is 0 Å². The zero-order chi connectivity index (χ0) is 22.7. The summed E-state index contributed by atoms with van der Waals surface area (Å²) < 4.78 is 26.2. The molecular weight excluding hydrogens is 413 g/mol. The summed E-state index contributed by atoms with van der Waals surface area (Å²) in [6.45, 7) is 2.21. The number of fused-ring (bicyclic) bond motifs is 1. The number of anilines is 1. The summed E-state index contributed by atoms with van der Waals surface area (Å²) in [7, 11) is 3.20. The minimum atomic E-state index is -0.344. The molecule has 0 aliphatic carbocycles. The Morgan fingerprint density at radius 2 is 1.94 bits per heavy atom. The Morgan fingerprint density at radius 3 is 2.66 bits per heavy atom. The molecule has 0 spiro atoms. The Bertz CT molecular complexity index is 1260. The number of benzene rings is 2. The first-order valence-corrected chi connectivity index (χ1v) is 10.1. The number of nitrogens with zero attached hydrogens (tertiary/aromatic N) is 4. The quantitative estimate of drug-likeness (QED) is 0.436. The first-order valence-electron chi connectivity index (χ1n) is 10.1. The fourth-order valence-corrected chi connectivity index (χ4v) is 3.50. The topological polar surface area (TPSA) is 93.8 Å². The van der Waals surface area contributed by atoms with Crippen molar-refractivity contribution in [3.05, 3.63) is 65.2 Å². The minimum absolute atomic E-state index is 0.0636. The molecule has 2 aromatic heterocycles. The average Bonchev–Trinajstić information content (AvgIpc) is 3.23. The molecule has 32 heavy (non-hydrogen) atoms. The standard InChI is InChI=1S/C23H24FN5O3/c1-14-21(15-5-4-6-17(24)11-15)27-23(29-22(14)26-20(28-29)9-10-30)25-13-16-7-8-18(31-2)12-19(16)32-3/h4-8,11-12,30H,9-10,13H2,1-3H3,(H,25,27). The maximum atomic E-state index is 13.9. The number of nitrogens with one attached hydrogen (secondary N) is 1. The van der Waals surface area contributed by atoms with Gasteiger partial charge in [0.15, 0.2) is 11.5 Å². The van der Waals surface area contributed by atoms with Crippen molar-refractivity contribution in [3.8, 4) is 22.8 Å². The van der Waals surface area contributed by atoms with E-state index in [9.17, 15) is 9.50 Å². The normalized spacial score (nSPS) is 11.0. The summed E-state index contributed by atoms with van der Waals surface area (Å²) in [5.41, 5.74) is 3.49. The first-order chi connectivity index (χ1) is 15.5. The minimum Gasteiger partial charge on any atom is -0.497 e. The number of hydrogen-bond donors (Lipinski definition) is 2. The molecule has 9 heteroatoms. The third-order valence-corrected chi connectivity index (χ3v) is 5.12. The zero-order valence-electron chi connectivity index (χ0n) is 18.1. The van der Waals surface area contributed by atoms with E-state index in [0.717, 1.165) is 11.1 Å². The molecule has 0 aliphatic heterocycles. The van der Waals surface area contributed by atoms with Gasteiger partial charge in [-0.05, 0) is 31.2 Å². The van der Waals surface area contributed by atoms with Crippen molar-refractivity contribution in [1.82, 2.24) is 19.6 Å². The van der Waals surface area contributed by atoms with Crippen LogP contribution in [-0.4, -0.2) is 45.5 Å². The van der Waals surface area contributed by atoms with Crippen molar-refractivity contribution >= 4 is 11.6 Å². The van der Waals surface area contributed by atoms with Gasteiger partial charge in [-0.1, -0.05) is 12.1 Å². The number of ether oxygens (including phenoxy) is 2. The van der Waals surface area contributed by atoms with Crippen LogP contribution in [0.1, 0.15) is 17.0 Å². The van der Waals surface area contributed by atoms with Crippen LogP contribution in [0, 0.1) is 12.7 Å². The highest BCUT2D eigenvalue weighted by molar-refractivity contribution is 5.71. The smallest absolute Gasteiger partial charge is 0.226 e. The van der Waals surface area contributed by atoms with Gasteiger partial charge in [0.05, 0.1) is 26.5 Å². The van der Waals surface area contributed by atoms with Crippen LogP contribution in [0.5, 0.6) is 11.5 Å². The number of aliphatic hydroxyl groups is 1. The highest BCUT2D eigenvalue weighted by Crippen LogP contribution is 2.28. The molecule has 0 amide bonds. The fourth-order valence-electron chi connectivity index (χ4n) is 3.50. The van der Waals surface area contributed by atoms with Crippen molar-refractivity contribution in [2.24, 2.45) is 0 Å². The van der Waals surface area contributed by atoms with E-state index in [4.69, 9.17) is 14.5 Å². The molecule has 2 heterocycles. The predicted octanol–water partition coefficient (Wildman–Crippen LogP) is 3.40. The maximum absolute atomic E-state index is 13.9. The number of hydrogen-bond acceptors (Lipinski definition) is 7. The van der Waals surface area contributed by atoms with Crippen LogP contribution in [0.15, 0.2) is 42.5 Å². The number of halogens is 1. The molecule has 0 radical (unpaired) electrons. The average molecular weight is 437 g/mol. The van der Waals surface area contributed by atoms with Crippen molar-refractivity contribution in [2.75, 3.05) is 26.1 Å². The number of aromatic nitrogens is 4. The van der Waals surface area contributed by atoms with E-state index >= 15 is 0 Å². The molecule has 0 saturated heterocycles. The maximum Gasteiger partial charge on any atom is 0.226 e. The van der Waals surface area contributed by atoms with Gasteiger partial charge in [0.2, 0.25) is 5.95 Å². The van der Waals surface area contributed by atoms with Gasteiger partial charge in [-0.25, -0.2) is 14.4 Å². The second-order valence-corrected chi connectivity index (χ2v) is 7.19. The molecule has 0 unspecified atom stereocenters. The van der Waals surface area contributed by atoms with Crippen LogP contribution in [0.4, 0.5) is 10.3 Å². The second kappa shape index (κ2) is 9.19. The summed E-state index contributed by atoms with van der Waals surface area (Å²) in [6.07, 6.45) is 0.322. The van der Waals surface area contributed by atoms with Crippen LogP contribution in [0.2, 0.25) is 0 Å². The number of methoxy groups -OCH3 is 2. The van der Waals surface area contributed by atoms with Crippen LogP contribution in [0.25, 0.3) is 16.9 Å². The Kier molecular flexibility index (Phi) is 6.18. The van der Waals surface area contributed by atoms with E-state index in [0.29, 0.717) is 53.1 Å². The van der Waals surface area contributed by atoms with Crippen LogP contribution >= 0.6 is 0 Å². The van der Waals surface area contributed by atoms with Gasteiger partial charge < -0.3 is 19.9 Å². The molecule has 4 rings (SSSR count). The molecule has 0 aliphatic rings. The van der Waals surface area contributed by atoms with Gasteiger partial charge in [-0.2, -0.15) is 4.52 Å². The monoisotopic (exact) mass is 437 g/mol. The Morgan fingerprint density at radius 1 is 1.09 bits per heavy atom. The molecule has 0 saturated carbocycles. The molecule has 0 fully saturated rings. The molecule has 0 atom stereocenters. The molecule has 4 aromatic rings. The summed E-state index contributed by atoms with van der Waals surface area (Å²) >= 11 is 0. The van der Waals surface area contributed by atoms with E-state index in [1.54, 1.807) is 30.9 Å². The highest BCUT2D eigenvalue weighted by atomic mass is 19.1. The van der Waals surface area contributed by atoms with Crippen molar-refractivity contribution < 1.29 is 19.0 Å². The molecule has 2 N–H and O–H groups in total. The van der Waals surface area contributed by atoms with Crippen molar-refractivity contribution in [2.45, 2.75) is 19.9 Å². The molecule has 166 valence electrons. The Hall–Kier alpha value is -3.72. The van der Waals surface area contributed by atoms with E-state index in [1.165, 1.54) is 12.1 Å². The largest absolute Gasteiger partial charge is 0.497 e. The summed E-state index contributed by atoms with van der Waals surface area (Å²) in [4.78, 5) is 9.30. The number of aryl methyl sites for hydroxylation is 1. The van der Waals surface area contributed by atoms with Crippen molar-refractivity contribution in [1.29, 1.82) is 0 Å². The summed E-state index contributed by atoms with van der Waals surface area (Å²) in [5, 5.41) is 17.1. The van der Waals surface area contributed by atoms with Gasteiger partial charge in [-0.3, -0.25) is 0 Å². The third kappa shape index (κ3) is 4.19. The lowest BCUT2D eigenvalue weighted by Crippen LogP contribution is -2.10. The van der Waals surface area contributed by atoms with Gasteiger partial charge in [0.1, 0.15) is 17.3 Å². The van der Waals surface area contributed by atoms with Crippen LogP contribution < -0.4 is 14.8 Å². The lowest BCUT2D eigenvalue weighted by molar-refractivity contribution is 0.296. The lowest BCUT2D eigenvalue weighted by Gasteiger charge is -2.14. The molecule has 0 bridgehead atoms. The van der Waals surface area contributed by atoms with Crippen LogP contribution in [-0.2, 0) is 13.0 Å². The third-order valence-electron chi connectivity index (χ3n) is 5.12. The molecule has 8 nitrogen and oxygen atoms in total. The highest BCUT2D eigenvalue weighted by Gasteiger charge is 2.17. The SMILES string of the molecule is COc1ccc(CNc2nc(-c3cccc(F)c3)c(C)c3nc(CCO)nn23)c(OC)c1. The van der Waals surface area contributed by atoms with E-state index < -0.39 is 0 Å². The Balaban J connectivity index is 1.78. The molecule has 2 aromatic carbocycles. The lowest BCUT2D eigenvalue weighted by atomic mass is 10.1. The first kappa shape index (κ1) is 21.5. The van der Waals surface area contributed by atoms with Gasteiger partial charge in [0, 0.05) is 35.7 Å².